The average Bonchev–Trinajstić information content (AvgIpc) is 3.23. The Labute approximate surface area is 200 Å². The van der Waals surface area contributed by atoms with Gasteiger partial charge in [0.05, 0.1) is 6.54 Å². The molecule has 3 rings (SSSR count). The Morgan fingerprint density at radius 1 is 0.939 bits per heavy atom. The van der Waals surface area contributed by atoms with Crippen LogP contribution in [0.3, 0.4) is 0 Å². The lowest BCUT2D eigenvalue weighted by molar-refractivity contribution is 0.102. The first-order valence-electron chi connectivity index (χ1n) is 11.1. The maximum atomic E-state index is 12.9. The molecule has 1 aromatic heterocycles. The molecular weight excluding hydrogens is 432 g/mol. The van der Waals surface area contributed by atoms with Gasteiger partial charge in [0, 0.05) is 22.8 Å². The first-order chi connectivity index (χ1) is 15.6. The van der Waals surface area contributed by atoms with Crippen LogP contribution in [-0.2, 0) is 6.54 Å². The van der Waals surface area contributed by atoms with Gasteiger partial charge in [-0.05, 0) is 74.6 Å². The number of aryl methyl sites for hydroxylation is 2. The third-order valence-corrected chi connectivity index (χ3v) is 6.40. The summed E-state index contributed by atoms with van der Waals surface area (Å²) in [6, 6.07) is 13.5. The first kappa shape index (κ1) is 24.5. The van der Waals surface area contributed by atoms with E-state index in [0.29, 0.717) is 23.2 Å². The molecule has 0 aliphatic rings. The van der Waals surface area contributed by atoms with Gasteiger partial charge in [-0.25, -0.2) is 9.78 Å². The van der Waals surface area contributed by atoms with Crippen LogP contribution in [0.25, 0.3) is 0 Å². The predicted molar refractivity (Wildman–Crippen MR) is 136 cm³/mol. The smallest absolute Gasteiger partial charge is 0.321 e. The van der Waals surface area contributed by atoms with Gasteiger partial charge in [0.15, 0.2) is 0 Å². The highest BCUT2D eigenvalue weighted by molar-refractivity contribution is 7.09. The van der Waals surface area contributed by atoms with Crippen LogP contribution in [0.15, 0.2) is 47.8 Å². The van der Waals surface area contributed by atoms with E-state index in [4.69, 9.17) is 0 Å². The van der Waals surface area contributed by atoms with E-state index in [-0.39, 0.29) is 18.0 Å². The number of urea groups is 1. The standard InChI is InChI=1S/C26H32N4O2S/c1-16(2)20-8-11-21(12-9-20)28-26(32)30(17(3)4)14-24-29-23(15-33-24)25(31)27-22-10-7-18(5)19(6)13-22/h7-13,15-17H,14H2,1-6H3,(H,27,31)(H,28,32). The molecule has 7 heteroatoms. The molecule has 3 amide bonds. The summed E-state index contributed by atoms with van der Waals surface area (Å²) < 4.78 is 0. The van der Waals surface area contributed by atoms with Gasteiger partial charge in [-0.3, -0.25) is 4.79 Å². The zero-order valence-electron chi connectivity index (χ0n) is 20.1. The van der Waals surface area contributed by atoms with Crippen molar-refractivity contribution in [3.63, 3.8) is 0 Å². The van der Waals surface area contributed by atoms with Gasteiger partial charge < -0.3 is 15.5 Å². The molecule has 3 aromatic rings. The molecule has 2 aromatic carbocycles. The Balaban J connectivity index is 1.65. The van der Waals surface area contributed by atoms with Crippen LogP contribution in [0.1, 0.15) is 65.8 Å². The van der Waals surface area contributed by atoms with Gasteiger partial charge in [0.1, 0.15) is 10.7 Å². The second-order valence-electron chi connectivity index (χ2n) is 8.81. The van der Waals surface area contributed by atoms with E-state index in [1.807, 2.05) is 70.2 Å². The van der Waals surface area contributed by atoms with Crippen molar-refractivity contribution in [2.24, 2.45) is 0 Å². The molecule has 0 fully saturated rings. The van der Waals surface area contributed by atoms with Crippen molar-refractivity contribution in [3.05, 3.63) is 75.2 Å². The third kappa shape index (κ3) is 6.42. The Bertz CT molecular complexity index is 1120. The second-order valence-corrected chi connectivity index (χ2v) is 9.75. The quantitative estimate of drug-likeness (QED) is 0.415. The van der Waals surface area contributed by atoms with Crippen LogP contribution in [0, 0.1) is 13.8 Å². The average molecular weight is 465 g/mol. The Morgan fingerprint density at radius 3 is 2.21 bits per heavy atom. The molecule has 0 radical (unpaired) electrons. The first-order valence-corrected chi connectivity index (χ1v) is 12.0. The summed E-state index contributed by atoms with van der Waals surface area (Å²) in [5, 5.41) is 8.30. The lowest BCUT2D eigenvalue weighted by Crippen LogP contribution is -2.39. The monoisotopic (exact) mass is 464 g/mol. The number of carbonyl (C=O) groups excluding carboxylic acids is 2. The number of thiazole rings is 1. The van der Waals surface area contributed by atoms with Crippen molar-refractivity contribution in [1.82, 2.24) is 9.88 Å². The zero-order valence-corrected chi connectivity index (χ0v) is 20.9. The Kier molecular flexibility index (Phi) is 7.87. The summed E-state index contributed by atoms with van der Waals surface area (Å²) in [7, 11) is 0. The molecule has 0 saturated heterocycles. The number of aromatic nitrogens is 1. The maximum absolute atomic E-state index is 12.9. The SMILES string of the molecule is Cc1ccc(NC(=O)c2csc(CN(C(=O)Nc3ccc(C(C)C)cc3)C(C)C)n2)cc1C. The van der Waals surface area contributed by atoms with Gasteiger partial charge >= 0.3 is 6.03 Å². The van der Waals surface area contributed by atoms with Gasteiger partial charge in [-0.1, -0.05) is 32.0 Å². The Morgan fingerprint density at radius 2 is 1.61 bits per heavy atom. The van der Waals surface area contributed by atoms with Gasteiger partial charge in [0.2, 0.25) is 0 Å². The number of anilines is 2. The van der Waals surface area contributed by atoms with Crippen LogP contribution >= 0.6 is 11.3 Å². The molecule has 33 heavy (non-hydrogen) atoms. The van der Waals surface area contributed by atoms with Gasteiger partial charge in [-0.15, -0.1) is 11.3 Å². The fourth-order valence-corrected chi connectivity index (χ4v) is 4.06. The summed E-state index contributed by atoms with van der Waals surface area (Å²) in [5.74, 6) is 0.180. The minimum atomic E-state index is -0.258. The summed E-state index contributed by atoms with van der Waals surface area (Å²) in [4.78, 5) is 31.7. The number of carbonyl (C=O) groups is 2. The largest absolute Gasteiger partial charge is 0.322 e. The number of benzene rings is 2. The van der Waals surface area contributed by atoms with Crippen molar-refractivity contribution in [2.45, 2.75) is 60.0 Å². The van der Waals surface area contributed by atoms with E-state index in [9.17, 15) is 9.59 Å². The minimum absolute atomic E-state index is 0.0309. The highest BCUT2D eigenvalue weighted by Crippen LogP contribution is 2.20. The number of rotatable bonds is 7. The topological polar surface area (TPSA) is 74.3 Å². The number of nitrogens with zero attached hydrogens (tertiary/aromatic N) is 2. The van der Waals surface area contributed by atoms with E-state index >= 15 is 0 Å². The van der Waals surface area contributed by atoms with Crippen LogP contribution in [0.5, 0.6) is 0 Å². The minimum Gasteiger partial charge on any atom is -0.321 e. The molecular formula is C26H32N4O2S. The molecule has 0 spiro atoms. The van der Waals surface area contributed by atoms with E-state index in [1.54, 1.807) is 10.3 Å². The third-order valence-electron chi connectivity index (χ3n) is 5.57. The molecule has 0 bridgehead atoms. The molecule has 0 saturated carbocycles. The highest BCUT2D eigenvalue weighted by Gasteiger charge is 2.20. The summed E-state index contributed by atoms with van der Waals surface area (Å²) in [5.41, 5.74) is 5.35. The van der Waals surface area contributed by atoms with Crippen molar-refractivity contribution in [3.8, 4) is 0 Å². The van der Waals surface area contributed by atoms with Crippen molar-refractivity contribution >= 4 is 34.6 Å². The van der Waals surface area contributed by atoms with Crippen LogP contribution in [-0.4, -0.2) is 27.9 Å². The lowest BCUT2D eigenvalue weighted by atomic mass is 10.0. The molecule has 6 nitrogen and oxygen atoms in total. The van der Waals surface area contributed by atoms with Crippen molar-refractivity contribution in [2.75, 3.05) is 10.6 Å². The number of nitrogens with one attached hydrogen (secondary N) is 2. The second kappa shape index (κ2) is 10.6. The van der Waals surface area contributed by atoms with Crippen molar-refractivity contribution < 1.29 is 9.59 Å². The van der Waals surface area contributed by atoms with E-state index < -0.39 is 0 Å². The van der Waals surface area contributed by atoms with Crippen LogP contribution < -0.4 is 10.6 Å². The predicted octanol–water partition coefficient (Wildman–Crippen LogP) is 6.58. The normalized spacial score (nSPS) is 11.0. The summed E-state index contributed by atoms with van der Waals surface area (Å²) in [6.07, 6.45) is 0. The van der Waals surface area contributed by atoms with Gasteiger partial charge in [-0.2, -0.15) is 0 Å². The molecule has 0 unspecified atom stereocenters. The maximum Gasteiger partial charge on any atom is 0.322 e. The molecule has 1 heterocycles. The highest BCUT2D eigenvalue weighted by atomic mass is 32.1. The Hall–Kier alpha value is -3.19. The van der Waals surface area contributed by atoms with E-state index in [2.05, 4.69) is 29.5 Å². The summed E-state index contributed by atoms with van der Waals surface area (Å²) >= 11 is 1.38. The molecule has 174 valence electrons. The molecule has 2 N–H and O–H groups in total. The molecule has 0 aliphatic heterocycles. The fourth-order valence-electron chi connectivity index (χ4n) is 3.28. The van der Waals surface area contributed by atoms with Crippen LogP contribution in [0.2, 0.25) is 0 Å². The number of amides is 3. The molecule has 0 aliphatic carbocycles. The number of hydrogen-bond acceptors (Lipinski definition) is 4. The van der Waals surface area contributed by atoms with E-state index in [1.165, 1.54) is 22.5 Å². The number of hydrogen-bond donors (Lipinski definition) is 2. The van der Waals surface area contributed by atoms with Crippen LogP contribution in [0.4, 0.5) is 16.2 Å². The van der Waals surface area contributed by atoms with E-state index in [0.717, 1.165) is 16.9 Å². The lowest BCUT2D eigenvalue weighted by Gasteiger charge is -2.26. The molecule has 0 atom stereocenters. The zero-order chi connectivity index (χ0) is 24.1. The summed E-state index contributed by atoms with van der Waals surface area (Å²) in [6.45, 7) is 12.6. The van der Waals surface area contributed by atoms with Crippen molar-refractivity contribution in [1.29, 1.82) is 0 Å². The fraction of sp³-hybridized carbons (Fsp3) is 0.346. The van der Waals surface area contributed by atoms with Gasteiger partial charge in [0.25, 0.3) is 5.91 Å².